The molecule has 3 aliphatic heterocycles. The van der Waals surface area contributed by atoms with E-state index < -0.39 is 182 Å². The van der Waals surface area contributed by atoms with E-state index in [-0.39, 0.29) is 57.4 Å². The molecule has 0 spiro atoms. The highest BCUT2D eigenvalue weighted by Gasteiger charge is 2.46. The van der Waals surface area contributed by atoms with Gasteiger partial charge in [-0.05, 0) is 87.5 Å². The fraction of sp³-hybridized carbons (Fsp3) is 0.552. The van der Waals surface area contributed by atoms with Gasteiger partial charge >= 0.3 is 5.97 Å². The van der Waals surface area contributed by atoms with E-state index in [4.69, 9.17) is 11.5 Å². The summed E-state index contributed by atoms with van der Waals surface area (Å²) in [4.78, 5) is 170. The Morgan fingerprint density at radius 1 is 0.690 bits per heavy atom. The van der Waals surface area contributed by atoms with Gasteiger partial charge in [-0.15, -0.1) is 0 Å². The molecule has 3 heterocycles. The molecule has 5 rings (SSSR count). The van der Waals surface area contributed by atoms with Crippen LogP contribution < -0.4 is 54.0 Å². The Bertz CT molecular complexity index is 2810. The van der Waals surface area contributed by atoms with E-state index in [2.05, 4.69) is 42.5 Å². The van der Waals surface area contributed by atoms with Gasteiger partial charge in [-0.25, -0.2) is 4.79 Å². The summed E-state index contributed by atoms with van der Waals surface area (Å²) in [5.74, 6) is -12.5. The number of phenols is 1. The topological polar surface area (TPSA) is 461 Å². The molecule has 0 aromatic heterocycles. The second-order valence-electron chi connectivity index (χ2n) is 22.0. The Labute approximate surface area is 502 Å². The van der Waals surface area contributed by atoms with Gasteiger partial charge in [0.15, 0.2) is 0 Å². The lowest BCUT2D eigenvalue weighted by Crippen LogP contribution is -2.62. The number of nitrogens with two attached hydrogens (primary N) is 2. The lowest BCUT2D eigenvalue weighted by atomic mass is 9.96. The lowest BCUT2D eigenvalue weighted by Gasteiger charge is -2.35. The van der Waals surface area contributed by atoms with Crippen molar-refractivity contribution >= 4 is 70.9 Å². The molecule has 2 fully saturated rings. The molecule has 13 atom stereocenters. The fourth-order valence-electron chi connectivity index (χ4n) is 10.3. The Morgan fingerprint density at radius 3 is 1.90 bits per heavy atom. The normalized spacial score (nSPS) is 26.1. The molecule has 476 valence electrons. The van der Waals surface area contributed by atoms with Crippen molar-refractivity contribution in [2.45, 2.75) is 170 Å². The Morgan fingerprint density at radius 2 is 1.29 bits per heavy atom. The molecule has 11 amide bonds. The zero-order valence-corrected chi connectivity index (χ0v) is 48.9. The minimum absolute atomic E-state index is 0.0566. The number of aliphatic hydroxyl groups excluding tert-OH is 3. The van der Waals surface area contributed by atoms with Gasteiger partial charge in [0.25, 0.3) is 0 Å². The minimum atomic E-state index is -1.85. The van der Waals surface area contributed by atoms with Gasteiger partial charge in [0.05, 0.1) is 19.3 Å². The molecule has 29 nitrogen and oxygen atoms in total. The highest BCUT2D eigenvalue weighted by molar-refractivity contribution is 5.99. The average Bonchev–Trinajstić information content (AvgIpc) is 2.22. The van der Waals surface area contributed by atoms with E-state index in [1.165, 1.54) is 46.2 Å². The largest absolute Gasteiger partial charge is 0.508 e. The van der Waals surface area contributed by atoms with Crippen LogP contribution in [0.3, 0.4) is 0 Å². The van der Waals surface area contributed by atoms with E-state index >= 15 is 0 Å². The van der Waals surface area contributed by atoms with Gasteiger partial charge in [0.2, 0.25) is 65.0 Å². The van der Waals surface area contributed by atoms with Crippen LogP contribution in [0, 0.1) is 5.92 Å². The van der Waals surface area contributed by atoms with Crippen molar-refractivity contribution in [3.8, 4) is 5.75 Å². The van der Waals surface area contributed by atoms with Crippen molar-refractivity contribution in [3.05, 3.63) is 77.9 Å². The number of carbonyl (C=O) groups is 12. The summed E-state index contributed by atoms with van der Waals surface area (Å²) < 4.78 is 0. The maximum absolute atomic E-state index is 14.7. The van der Waals surface area contributed by atoms with Crippen LogP contribution in [0.25, 0.3) is 0 Å². The maximum atomic E-state index is 14.7. The number of nitrogens with zero attached hydrogens (tertiary/aromatic N) is 2. The first-order valence-corrected chi connectivity index (χ1v) is 29.0. The third-order valence-corrected chi connectivity index (χ3v) is 15.5. The molecule has 29 heteroatoms. The van der Waals surface area contributed by atoms with Gasteiger partial charge in [0.1, 0.15) is 72.2 Å². The number of hydrogen-bond acceptors (Lipinski definition) is 17. The zero-order chi connectivity index (χ0) is 64.1. The summed E-state index contributed by atoms with van der Waals surface area (Å²) >= 11 is 0. The first-order chi connectivity index (χ1) is 41.4. The second-order valence-corrected chi connectivity index (χ2v) is 22.0. The number of aromatic hydroxyl groups is 1. The van der Waals surface area contributed by atoms with E-state index in [1.807, 2.05) is 0 Å². The van der Waals surface area contributed by atoms with Crippen LogP contribution in [0.5, 0.6) is 5.75 Å². The van der Waals surface area contributed by atoms with E-state index in [0.717, 1.165) is 6.92 Å². The number of hydrogen-bond donors (Lipinski definition) is 15. The molecule has 87 heavy (non-hydrogen) atoms. The number of carboxylic acid groups (broad SMARTS) is 1. The van der Waals surface area contributed by atoms with E-state index in [1.54, 1.807) is 44.2 Å². The minimum Gasteiger partial charge on any atom is -0.508 e. The number of amides is 11. The number of allylic oxidation sites excluding steroid dienone is 1. The number of rotatable bonds is 17. The number of fused-ring (bicyclic) bond motifs is 2. The predicted molar refractivity (Wildman–Crippen MR) is 309 cm³/mol. The highest BCUT2D eigenvalue weighted by Crippen LogP contribution is 2.27. The predicted octanol–water partition coefficient (Wildman–Crippen LogP) is -4.13. The molecular formula is C58H82N12O17. The van der Waals surface area contributed by atoms with Crippen molar-refractivity contribution in [3.63, 3.8) is 0 Å². The number of aliphatic hydroxyl groups is 3. The summed E-state index contributed by atoms with van der Waals surface area (Å²) in [6.45, 7) is 2.83. The summed E-state index contributed by atoms with van der Waals surface area (Å²) in [5, 5.41) is 71.1. The summed E-state index contributed by atoms with van der Waals surface area (Å²) in [7, 11) is 0. The number of carbonyl (C=O) groups excluding carboxylic acids is 11. The van der Waals surface area contributed by atoms with Crippen LogP contribution in [0.2, 0.25) is 0 Å². The van der Waals surface area contributed by atoms with Crippen molar-refractivity contribution in [2.75, 3.05) is 26.3 Å². The molecule has 17 N–H and O–H groups in total. The monoisotopic (exact) mass is 1220 g/mol. The highest BCUT2D eigenvalue weighted by atomic mass is 16.4. The van der Waals surface area contributed by atoms with Gasteiger partial charge in [-0.1, -0.05) is 74.9 Å². The van der Waals surface area contributed by atoms with Crippen molar-refractivity contribution in [2.24, 2.45) is 17.4 Å². The lowest BCUT2D eigenvalue weighted by molar-refractivity contribution is -0.149. The van der Waals surface area contributed by atoms with Crippen LogP contribution in [0.15, 0.2) is 66.7 Å². The number of carboxylic acids is 1. The molecule has 0 aliphatic carbocycles. The van der Waals surface area contributed by atoms with Gasteiger partial charge in [-0.2, -0.15) is 0 Å². The van der Waals surface area contributed by atoms with Crippen molar-refractivity contribution < 1.29 is 83.1 Å². The van der Waals surface area contributed by atoms with Crippen LogP contribution in [-0.2, 0) is 70.4 Å². The maximum Gasteiger partial charge on any atom is 0.326 e. The number of primary amides is 1. The molecule has 2 saturated heterocycles. The Kier molecular flexibility index (Phi) is 26.6. The molecule has 0 radical (unpaired) electrons. The first kappa shape index (κ1) is 69.2. The summed E-state index contributed by atoms with van der Waals surface area (Å²) in [5.41, 5.74) is 12.2. The van der Waals surface area contributed by atoms with Gasteiger partial charge in [-0.3, -0.25) is 52.7 Å². The molecule has 2 unspecified atom stereocenters. The number of benzene rings is 2. The number of phenolic OH excluding ortho intramolecular Hbond substituents is 1. The number of aliphatic carboxylic acids is 1. The van der Waals surface area contributed by atoms with Crippen LogP contribution in [0.4, 0.5) is 0 Å². The molecular weight excluding hydrogens is 1140 g/mol. The molecule has 2 aromatic rings. The third kappa shape index (κ3) is 20.0. The smallest absolute Gasteiger partial charge is 0.326 e. The van der Waals surface area contributed by atoms with E-state index in [0.29, 0.717) is 30.4 Å². The second kappa shape index (κ2) is 33.4. The van der Waals surface area contributed by atoms with E-state index in [9.17, 15) is 83.1 Å². The Hall–Kier alpha value is -8.54. The van der Waals surface area contributed by atoms with Crippen molar-refractivity contribution in [1.29, 1.82) is 0 Å². The molecule has 2 aromatic carbocycles. The Balaban J connectivity index is 1.57. The molecule has 0 saturated carbocycles. The number of nitrogens with one attached hydrogen (secondary N) is 8. The van der Waals surface area contributed by atoms with Crippen LogP contribution in [-0.4, -0.2) is 205 Å². The van der Waals surface area contributed by atoms with Crippen LogP contribution in [0.1, 0.15) is 96.1 Å². The summed E-state index contributed by atoms with van der Waals surface area (Å²) in [6, 6.07) is -2.97. The fourth-order valence-corrected chi connectivity index (χ4v) is 10.3. The standard InChI is InChI=1S/C58H82N12O17/c1-4-31(2)46-57(85)70-26-12-18-44(70)56(84)69-25-11-17-43(69)54(82)63-39(23-24-45(60)75)50(78)62-37(49(77)65-41(58(86)87)28-34-19-21-35(74)22-20-34)15-9-6-10-16-38(61-48(76)36(59)29-71)51(79)68-47(32(3)73)55(83)64-40(27-33-13-7-5-8-14-33)52(80)66-42(30-72)53(81)67-46/h5-8,10,13-14,19-22,31-32,36-44,46-47,71-74H,4,9,11-12,15-18,23-30,59H2,1-3H3,(H2,60,75)(H,61,76)(H,62,78)(H,63,82)(H,64,83)(H,65,77)(H,66,80)(H,67,81)(H,68,79)(H,86,87)/b10-6+/t31-,32+,36-,37-,38-,39?,40?,41-,42-,43-,44-,46-,47-/m0/s1. The summed E-state index contributed by atoms with van der Waals surface area (Å²) in [6.07, 6.45) is 0.130. The molecule has 0 bridgehead atoms. The first-order valence-electron chi connectivity index (χ1n) is 29.0. The SMILES string of the molecule is CC[C@H](C)[C@@H]1NC(=O)[C@H](CO)NC(=O)C(Cc2ccccc2)NC(=O)[C@H]([C@@H](C)O)NC(=O)[C@@H](NC(=O)[C@@H](N)CO)C/C=C/CC[C@@H](C(=O)N[C@@H](Cc2ccc(O)cc2)C(=O)O)NC(=O)C(CCC(N)=O)NC(=O)[C@@H]2CCCN2C(=O)[C@@H]2CCCN2C1=O. The molecule has 3 aliphatic rings. The average molecular weight is 1220 g/mol. The van der Waals surface area contributed by atoms with Crippen LogP contribution >= 0.6 is 0 Å². The quantitative estimate of drug-likeness (QED) is 0.0669. The third-order valence-electron chi connectivity index (χ3n) is 15.5. The van der Waals surface area contributed by atoms with Crippen molar-refractivity contribution in [1.82, 2.24) is 52.3 Å². The van der Waals surface area contributed by atoms with Gasteiger partial charge < -0.3 is 89.3 Å². The zero-order valence-electron chi connectivity index (χ0n) is 48.9. The van der Waals surface area contributed by atoms with Gasteiger partial charge in [0, 0.05) is 32.4 Å².